The van der Waals surface area contributed by atoms with E-state index in [1.165, 1.54) is 0 Å². The first-order chi connectivity index (χ1) is 9.08. The van der Waals surface area contributed by atoms with E-state index >= 15 is 0 Å². The van der Waals surface area contributed by atoms with Crippen molar-refractivity contribution < 1.29 is 31.5 Å². The lowest BCUT2D eigenvalue weighted by Crippen LogP contribution is -2.18. The Morgan fingerprint density at radius 2 is 1.85 bits per heavy atom. The number of rotatable bonds is 4. The van der Waals surface area contributed by atoms with Crippen molar-refractivity contribution in [3.8, 4) is 0 Å². The Morgan fingerprint density at radius 3 is 2.25 bits per heavy atom. The fraction of sp³-hybridized carbons (Fsp3) is 0.417. The van der Waals surface area contributed by atoms with Gasteiger partial charge in [0.15, 0.2) is 21.5 Å². The van der Waals surface area contributed by atoms with Crippen LogP contribution in [0.25, 0.3) is 0 Å². The average molecular weight is 308 g/mol. The number of carboxylic acids is 1. The van der Waals surface area contributed by atoms with Gasteiger partial charge in [-0.2, -0.15) is 0 Å². The van der Waals surface area contributed by atoms with Gasteiger partial charge in [0.1, 0.15) is 10.7 Å². The van der Waals surface area contributed by atoms with Gasteiger partial charge in [-0.25, -0.2) is 21.6 Å². The number of sulfone groups is 1. The molecular weight excluding hydrogens is 297 g/mol. The molecule has 1 saturated carbocycles. The van der Waals surface area contributed by atoms with Gasteiger partial charge in [-0.05, 0) is 18.9 Å². The van der Waals surface area contributed by atoms with Crippen LogP contribution in [-0.2, 0) is 20.0 Å². The topological polar surface area (TPSA) is 71.4 Å². The molecule has 1 aromatic carbocycles. The predicted molar refractivity (Wildman–Crippen MR) is 62.6 cm³/mol. The highest BCUT2D eigenvalue weighted by Crippen LogP contribution is 2.52. The van der Waals surface area contributed by atoms with Crippen molar-refractivity contribution in [2.24, 2.45) is 0 Å². The van der Waals surface area contributed by atoms with E-state index in [0.717, 1.165) is 0 Å². The Hall–Kier alpha value is -1.57. The fourth-order valence-electron chi connectivity index (χ4n) is 2.29. The van der Waals surface area contributed by atoms with Gasteiger partial charge in [-0.15, -0.1) is 0 Å². The van der Waals surface area contributed by atoms with Gasteiger partial charge in [-0.1, -0.05) is 0 Å². The molecule has 0 spiro atoms. The molecule has 0 heterocycles. The Morgan fingerprint density at radius 1 is 1.30 bits per heavy atom. The minimum absolute atomic E-state index is 0.285. The van der Waals surface area contributed by atoms with Crippen molar-refractivity contribution in [1.82, 2.24) is 0 Å². The summed E-state index contributed by atoms with van der Waals surface area (Å²) in [4.78, 5) is 9.40. The summed E-state index contributed by atoms with van der Waals surface area (Å²) in [6.45, 7) is 0. The Balaban J connectivity index is 2.63. The van der Waals surface area contributed by atoms with Gasteiger partial charge in [0, 0.05) is 17.2 Å². The number of carboxylic acid groups (broad SMARTS) is 1. The van der Waals surface area contributed by atoms with Gasteiger partial charge in [0.05, 0.1) is 6.42 Å². The Kier molecular flexibility index (Phi) is 3.32. The van der Waals surface area contributed by atoms with E-state index in [4.69, 9.17) is 5.11 Å². The van der Waals surface area contributed by atoms with Crippen LogP contribution in [0.2, 0.25) is 0 Å². The second-order valence-electron chi connectivity index (χ2n) is 4.99. The van der Waals surface area contributed by atoms with E-state index in [1.807, 2.05) is 0 Å². The SMILES string of the molecule is CS(=O)(=O)c1c(F)cc(C2(CC(=O)O)CC2)c(F)c1F. The van der Waals surface area contributed by atoms with E-state index in [0.29, 0.717) is 12.3 Å². The fourth-order valence-corrected chi connectivity index (χ4v) is 3.11. The van der Waals surface area contributed by atoms with Crippen molar-refractivity contribution in [2.75, 3.05) is 6.26 Å². The monoisotopic (exact) mass is 308 g/mol. The summed E-state index contributed by atoms with van der Waals surface area (Å²) >= 11 is 0. The molecule has 1 N–H and O–H groups in total. The molecule has 0 unspecified atom stereocenters. The highest BCUT2D eigenvalue weighted by Gasteiger charge is 2.49. The number of carbonyl (C=O) groups is 1. The van der Waals surface area contributed by atoms with Crippen LogP contribution in [0.5, 0.6) is 0 Å². The van der Waals surface area contributed by atoms with Gasteiger partial charge in [-0.3, -0.25) is 4.79 Å². The van der Waals surface area contributed by atoms with Crippen LogP contribution < -0.4 is 0 Å². The summed E-state index contributed by atoms with van der Waals surface area (Å²) in [5, 5.41) is 8.76. The maximum Gasteiger partial charge on any atom is 0.304 e. The van der Waals surface area contributed by atoms with Crippen LogP contribution in [0.3, 0.4) is 0 Å². The van der Waals surface area contributed by atoms with E-state index in [-0.39, 0.29) is 12.8 Å². The lowest BCUT2D eigenvalue weighted by molar-refractivity contribution is -0.137. The number of benzene rings is 1. The van der Waals surface area contributed by atoms with Crippen LogP contribution in [0.4, 0.5) is 13.2 Å². The lowest BCUT2D eigenvalue weighted by atomic mass is 9.91. The third kappa shape index (κ3) is 2.39. The molecule has 0 radical (unpaired) electrons. The molecule has 2 rings (SSSR count). The van der Waals surface area contributed by atoms with Gasteiger partial charge < -0.3 is 5.11 Å². The van der Waals surface area contributed by atoms with Crippen LogP contribution in [-0.4, -0.2) is 25.7 Å². The van der Waals surface area contributed by atoms with Crippen molar-refractivity contribution in [3.05, 3.63) is 29.1 Å². The molecule has 0 bridgehead atoms. The number of hydrogen-bond donors (Lipinski definition) is 1. The summed E-state index contributed by atoms with van der Waals surface area (Å²) in [6.07, 6.45) is 0.680. The predicted octanol–water partition coefficient (Wildman–Crippen LogP) is 2.01. The zero-order chi connectivity index (χ0) is 15.3. The second-order valence-corrected chi connectivity index (χ2v) is 6.94. The maximum atomic E-state index is 14.0. The van der Waals surface area contributed by atoms with Crippen LogP contribution in [0.15, 0.2) is 11.0 Å². The first-order valence-electron chi connectivity index (χ1n) is 5.68. The summed E-state index contributed by atoms with van der Waals surface area (Å²) < 4.78 is 64.0. The molecule has 0 atom stereocenters. The minimum Gasteiger partial charge on any atom is -0.481 e. The smallest absolute Gasteiger partial charge is 0.304 e. The normalized spacial score (nSPS) is 17.0. The molecule has 0 saturated heterocycles. The summed E-state index contributed by atoms with van der Waals surface area (Å²) in [7, 11) is -4.26. The van der Waals surface area contributed by atoms with E-state index in [9.17, 15) is 26.4 Å². The molecule has 1 aliphatic carbocycles. The molecular formula is C12H11F3O4S. The van der Waals surface area contributed by atoms with Crippen molar-refractivity contribution in [3.63, 3.8) is 0 Å². The lowest BCUT2D eigenvalue weighted by Gasteiger charge is -2.16. The second kappa shape index (κ2) is 4.47. The first kappa shape index (κ1) is 14.8. The highest BCUT2D eigenvalue weighted by molar-refractivity contribution is 7.90. The molecule has 1 aliphatic rings. The molecule has 0 aromatic heterocycles. The number of halogens is 3. The number of hydrogen-bond acceptors (Lipinski definition) is 3. The quantitative estimate of drug-likeness (QED) is 0.864. The van der Waals surface area contributed by atoms with E-state index in [2.05, 4.69) is 0 Å². The highest BCUT2D eigenvalue weighted by atomic mass is 32.2. The molecule has 20 heavy (non-hydrogen) atoms. The zero-order valence-corrected chi connectivity index (χ0v) is 11.2. The molecule has 1 aromatic rings. The van der Waals surface area contributed by atoms with Gasteiger partial charge >= 0.3 is 5.97 Å². The van der Waals surface area contributed by atoms with Crippen LogP contribution >= 0.6 is 0 Å². The minimum atomic E-state index is -4.26. The van der Waals surface area contributed by atoms with Crippen LogP contribution in [0, 0.1) is 17.5 Å². The van der Waals surface area contributed by atoms with Gasteiger partial charge in [0.2, 0.25) is 0 Å². The largest absolute Gasteiger partial charge is 0.481 e. The Bertz CT molecular complexity index is 693. The van der Waals surface area contributed by atoms with E-state index in [1.54, 1.807) is 0 Å². The average Bonchev–Trinajstić information content (AvgIpc) is 3.01. The standard InChI is InChI=1S/C12H11F3O4S/c1-20(18,19)11-7(13)4-6(9(14)10(11)15)12(2-3-12)5-8(16)17/h4H,2-3,5H2,1H3,(H,16,17). The first-order valence-corrected chi connectivity index (χ1v) is 7.57. The summed E-state index contributed by atoms with van der Waals surface area (Å²) in [6, 6.07) is 0.588. The third-order valence-corrected chi connectivity index (χ3v) is 4.52. The maximum absolute atomic E-state index is 14.0. The van der Waals surface area contributed by atoms with Crippen LogP contribution in [0.1, 0.15) is 24.8 Å². The molecule has 8 heteroatoms. The Labute approximate surface area is 113 Å². The summed E-state index contributed by atoms with van der Waals surface area (Å²) in [5.41, 5.74) is -1.56. The summed E-state index contributed by atoms with van der Waals surface area (Å²) in [5.74, 6) is -5.90. The molecule has 0 aliphatic heterocycles. The molecule has 0 amide bonds. The number of aliphatic carboxylic acids is 1. The molecule has 110 valence electrons. The van der Waals surface area contributed by atoms with Crippen molar-refractivity contribution in [1.29, 1.82) is 0 Å². The zero-order valence-electron chi connectivity index (χ0n) is 10.4. The van der Waals surface area contributed by atoms with Crippen molar-refractivity contribution in [2.45, 2.75) is 29.6 Å². The molecule has 4 nitrogen and oxygen atoms in total. The molecule has 1 fully saturated rings. The van der Waals surface area contributed by atoms with E-state index < -0.39 is 55.6 Å². The van der Waals surface area contributed by atoms with Crippen molar-refractivity contribution >= 4 is 15.8 Å². The third-order valence-electron chi connectivity index (χ3n) is 3.40. The van der Waals surface area contributed by atoms with Gasteiger partial charge in [0.25, 0.3) is 0 Å².